The summed E-state index contributed by atoms with van der Waals surface area (Å²) in [5, 5.41) is 6.90. The van der Waals surface area contributed by atoms with E-state index in [0.717, 1.165) is 18.3 Å². The van der Waals surface area contributed by atoms with Gasteiger partial charge in [-0.05, 0) is 37.5 Å². The molecule has 1 aliphatic carbocycles. The molecule has 0 bridgehead atoms. The molecule has 2 rings (SSSR count). The Morgan fingerprint density at radius 3 is 2.52 bits per heavy atom. The molecule has 1 aromatic carbocycles. The van der Waals surface area contributed by atoms with Crippen molar-refractivity contribution in [2.45, 2.75) is 51.6 Å². The van der Waals surface area contributed by atoms with Gasteiger partial charge in [0.2, 0.25) is 0 Å². The summed E-state index contributed by atoms with van der Waals surface area (Å²) in [4.78, 5) is 4.69. The number of hydrogen-bond donors (Lipinski definition) is 2. The van der Waals surface area contributed by atoms with Gasteiger partial charge in [-0.15, -0.1) is 0 Å². The molecule has 0 heterocycles. The summed E-state index contributed by atoms with van der Waals surface area (Å²) in [5.41, 5.74) is 1.19. The van der Waals surface area contributed by atoms with Crippen LogP contribution in [0.2, 0.25) is 0 Å². The van der Waals surface area contributed by atoms with Crippen molar-refractivity contribution in [1.29, 1.82) is 0 Å². The summed E-state index contributed by atoms with van der Waals surface area (Å²) < 4.78 is 5.17. The Morgan fingerprint density at radius 2 is 1.90 bits per heavy atom. The van der Waals surface area contributed by atoms with Gasteiger partial charge in [-0.25, -0.2) is 4.99 Å². The van der Waals surface area contributed by atoms with Gasteiger partial charge in [0.15, 0.2) is 5.96 Å². The third-order valence-corrected chi connectivity index (χ3v) is 3.87. The quantitative estimate of drug-likeness (QED) is 0.647. The largest absolute Gasteiger partial charge is 0.497 e. The van der Waals surface area contributed by atoms with Crippen molar-refractivity contribution in [3.8, 4) is 5.75 Å². The van der Waals surface area contributed by atoms with Crippen LogP contribution < -0.4 is 15.4 Å². The smallest absolute Gasteiger partial charge is 0.191 e. The Labute approximate surface area is 128 Å². The predicted octanol–water partition coefficient (Wildman–Crippen LogP) is 3.08. The second-order valence-corrected chi connectivity index (χ2v) is 5.52. The number of nitrogens with one attached hydrogen (secondary N) is 2. The molecule has 0 unspecified atom stereocenters. The van der Waals surface area contributed by atoms with Gasteiger partial charge in [0.25, 0.3) is 0 Å². The molecule has 0 atom stereocenters. The van der Waals surface area contributed by atoms with E-state index in [1.165, 1.54) is 37.7 Å². The molecule has 0 spiro atoms. The molecular formula is C17H27N3O. The maximum atomic E-state index is 5.17. The van der Waals surface area contributed by atoms with Crippen LogP contribution in [-0.2, 0) is 6.54 Å². The van der Waals surface area contributed by atoms with E-state index in [1.54, 1.807) is 7.11 Å². The van der Waals surface area contributed by atoms with Crippen LogP contribution in [0.1, 0.15) is 44.6 Å². The molecule has 4 nitrogen and oxygen atoms in total. The highest BCUT2D eigenvalue weighted by Gasteiger charge is 2.14. The number of guanidine groups is 1. The second kappa shape index (κ2) is 8.55. The Morgan fingerprint density at radius 1 is 1.19 bits per heavy atom. The zero-order chi connectivity index (χ0) is 14.9. The SMILES string of the molecule is CCNC(=NCc1ccc(OC)cc1)NC1CCCCC1. The van der Waals surface area contributed by atoms with Gasteiger partial charge in [-0.1, -0.05) is 31.4 Å². The lowest BCUT2D eigenvalue weighted by Crippen LogP contribution is -2.44. The van der Waals surface area contributed by atoms with Crippen LogP contribution in [0.4, 0.5) is 0 Å². The van der Waals surface area contributed by atoms with Crippen LogP contribution in [0.25, 0.3) is 0 Å². The minimum absolute atomic E-state index is 0.576. The van der Waals surface area contributed by atoms with Crippen LogP contribution in [0, 0.1) is 0 Å². The predicted molar refractivity (Wildman–Crippen MR) is 87.8 cm³/mol. The number of aliphatic imine (C=N–C) groups is 1. The van der Waals surface area contributed by atoms with E-state index in [1.807, 2.05) is 12.1 Å². The first-order valence-corrected chi connectivity index (χ1v) is 7.99. The number of ether oxygens (including phenoxy) is 1. The first kappa shape index (κ1) is 15.7. The van der Waals surface area contributed by atoms with E-state index >= 15 is 0 Å². The number of nitrogens with zero attached hydrogens (tertiary/aromatic N) is 1. The van der Waals surface area contributed by atoms with E-state index in [0.29, 0.717) is 12.6 Å². The van der Waals surface area contributed by atoms with E-state index in [4.69, 9.17) is 4.74 Å². The molecule has 1 aliphatic rings. The van der Waals surface area contributed by atoms with Gasteiger partial charge < -0.3 is 15.4 Å². The second-order valence-electron chi connectivity index (χ2n) is 5.52. The molecule has 0 amide bonds. The van der Waals surface area contributed by atoms with Crippen LogP contribution in [-0.4, -0.2) is 25.7 Å². The van der Waals surface area contributed by atoms with Crippen molar-refractivity contribution in [3.63, 3.8) is 0 Å². The molecule has 0 saturated heterocycles. The van der Waals surface area contributed by atoms with Gasteiger partial charge in [-0.2, -0.15) is 0 Å². The van der Waals surface area contributed by atoms with Crippen LogP contribution >= 0.6 is 0 Å². The fourth-order valence-electron chi connectivity index (χ4n) is 2.66. The van der Waals surface area contributed by atoms with Crippen LogP contribution in [0.15, 0.2) is 29.3 Å². The minimum Gasteiger partial charge on any atom is -0.497 e. The van der Waals surface area contributed by atoms with Crippen molar-refractivity contribution in [3.05, 3.63) is 29.8 Å². The Balaban J connectivity index is 1.92. The number of hydrogen-bond acceptors (Lipinski definition) is 2. The van der Waals surface area contributed by atoms with Crippen molar-refractivity contribution in [2.24, 2.45) is 4.99 Å². The standard InChI is InChI=1S/C17H27N3O/c1-3-18-17(20-15-7-5-4-6-8-15)19-13-14-9-11-16(21-2)12-10-14/h9-12,15H,3-8,13H2,1-2H3,(H2,18,19,20). The summed E-state index contributed by atoms with van der Waals surface area (Å²) in [6.07, 6.45) is 6.54. The molecule has 0 aromatic heterocycles. The third kappa shape index (κ3) is 5.29. The molecule has 21 heavy (non-hydrogen) atoms. The summed E-state index contributed by atoms with van der Waals surface area (Å²) in [7, 11) is 1.69. The Hall–Kier alpha value is -1.71. The fourth-order valence-corrected chi connectivity index (χ4v) is 2.66. The number of methoxy groups -OCH3 is 1. The maximum absolute atomic E-state index is 5.17. The normalized spacial score (nSPS) is 16.6. The monoisotopic (exact) mass is 289 g/mol. The highest BCUT2D eigenvalue weighted by molar-refractivity contribution is 5.80. The van der Waals surface area contributed by atoms with Crippen LogP contribution in [0.3, 0.4) is 0 Å². The summed E-state index contributed by atoms with van der Waals surface area (Å²) in [6, 6.07) is 8.66. The molecule has 0 radical (unpaired) electrons. The number of rotatable bonds is 5. The third-order valence-electron chi connectivity index (χ3n) is 3.87. The van der Waals surface area contributed by atoms with E-state index < -0.39 is 0 Å². The van der Waals surface area contributed by atoms with Gasteiger partial charge in [0.05, 0.1) is 13.7 Å². The van der Waals surface area contributed by atoms with Crippen molar-refractivity contribution < 1.29 is 4.74 Å². The Kier molecular flexibility index (Phi) is 6.38. The molecular weight excluding hydrogens is 262 g/mol. The van der Waals surface area contributed by atoms with Gasteiger partial charge >= 0.3 is 0 Å². The highest BCUT2D eigenvalue weighted by atomic mass is 16.5. The van der Waals surface area contributed by atoms with E-state index in [9.17, 15) is 0 Å². The molecule has 0 aliphatic heterocycles. The molecule has 1 fully saturated rings. The van der Waals surface area contributed by atoms with E-state index in [-0.39, 0.29) is 0 Å². The zero-order valence-corrected chi connectivity index (χ0v) is 13.2. The Bertz CT molecular complexity index is 436. The van der Waals surface area contributed by atoms with Crippen molar-refractivity contribution >= 4 is 5.96 Å². The lowest BCUT2D eigenvalue weighted by Gasteiger charge is -2.24. The first-order chi connectivity index (χ1) is 10.3. The average molecular weight is 289 g/mol. The first-order valence-electron chi connectivity index (χ1n) is 7.99. The lowest BCUT2D eigenvalue weighted by molar-refractivity contribution is 0.410. The molecule has 116 valence electrons. The lowest BCUT2D eigenvalue weighted by atomic mass is 9.96. The fraction of sp³-hybridized carbons (Fsp3) is 0.588. The number of benzene rings is 1. The summed E-state index contributed by atoms with van der Waals surface area (Å²) in [6.45, 7) is 3.68. The maximum Gasteiger partial charge on any atom is 0.191 e. The van der Waals surface area contributed by atoms with Gasteiger partial charge in [0, 0.05) is 12.6 Å². The highest BCUT2D eigenvalue weighted by Crippen LogP contribution is 2.17. The molecule has 4 heteroatoms. The van der Waals surface area contributed by atoms with Crippen molar-refractivity contribution in [2.75, 3.05) is 13.7 Å². The van der Waals surface area contributed by atoms with Crippen LogP contribution in [0.5, 0.6) is 5.75 Å². The molecule has 1 saturated carbocycles. The molecule has 2 N–H and O–H groups in total. The summed E-state index contributed by atoms with van der Waals surface area (Å²) >= 11 is 0. The topological polar surface area (TPSA) is 45.7 Å². The average Bonchev–Trinajstić information content (AvgIpc) is 2.54. The minimum atomic E-state index is 0.576. The van der Waals surface area contributed by atoms with E-state index in [2.05, 4.69) is 34.7 Å². The van der Waals surface area contributed by atoms with Gasteiger partial charge in [0.1, 0.15) is 5.75 Å². The van der Waals surface area contributed by atoms with Gasteiger partial charge in [-0.3, -0.25) is 0 Å². The zero-order valence-electron chi connectivity index (χ0n) is 13.2. The molecule has 1 aromatic rings. The van der Waals surface area contributed by atoms with Crippen molar-refractivity contribution in [1.82, 2.24) is 10.6 Å². The summed E-state index contributed by atoms with van der Waals surface area (Å²) in [5.74, 6) is 1.81.